The van der Waals surface area contributed by atoms with Crippen molar-refractivity contribution in [3.8, 4) is 0 Å². The van der Waals surface area contributed by atoms with E-state index >= 15 is 0 Å². The van der Waals surface area contributed by atoms with Crippen LogP contribution in [0.5, 0.6) is 0 Å². The topological polar surface area (TPSA) is 137 Å². The van der Waals surface area contributed by atoms with E-state index in [9.17, 15) is 35.7 Å². The Morgan fingerprint density at radius 3 is 1.53 bits per heavy atom. The fourth-order valence-corrected chi connectivity index (χ4v) is 7.20. The third-order valence-corrected chi connectivity index (χ3v) is 9.52. The van der Waals surface area contributed by atoms with Crippen LogP contribution in [0.3, 0.4) is 0 Å². The van der Waals surface area contributed by atoms with Crippen LogP contribution in [0.4, 0.5) is 20.2 Å². The number of nitrogens with zero attached hydrogens (tertiary/aromatic N) is 1. The van der Waals surface area contributed by atoms with Gasteiger partial charge in [0.05, 0.1) is 27.0 Å². The summed E-state index contributed by atoms with van der Waals surface area (Å²) in [6.45, 7) is 0. The molecule has 0 aromatic heterocycles. The number of nitrogen functional groups attached to an aromatic ring is 1. The summed E-state index contributed by atoms with van der Waals surface area (Å²) in [5.74, 6) is -1.96. The van der Waals surface area contributed by atoms with Gasteiger partial charge in [-0.2, -0.15) is 0 Å². The Morgan fingerprint density at radius 2 is 1.12 bits per heavy atom. The molecule has 2 radical (unpaired) electrons. The Bertz CT molecular complexity index is 1820. The van der Waals surface area contributed by atoms with Gasteiger partial charge in [-0.1, -0.05) is 59.6 Å². The summed E-state index contributed by atoms with van der Waals surface area (Å²) in [5, 5.41) is 10.9. The average Bonchev–Trinajstić information content (AvgIpc) is 2.93. The molecular formula is C26H20Cl4F2N2O6S2Sn. The average molecular weight is 819 g/mol. The van der Waals surface area contributed by atoms with Crippen LogP contribution in [-0.2, 0) is 31.2 Å². The van der Waals surface area contributed by atoms with E-state index in [2.05, 4.69) is 0 Å². The molecule has 2 N–H and O–H groups in total. The number of benzene rings is 4. The first-order chi connectivity index (χ1) is 20.1. The Kier molecular flexibility index (Phi) is 14.4. The van der Waals surface area contributed by atoms with Gasteiger partial charge in [0.15, 0.2) is 19.7 Å². The van der Waals surface area contributed by atoms with Crippen molar-refractivity contribution < 1.29 is 30.5 Å². The fraction of sp³-hybridized carbons (Fsp3) is 0.0769. The molecule has 4 aromatic carbocycles. The number of anilines is 1. The van der Waals surface area contributed by atoms with Gasteiger partial charge in [0, 0.05) is 16.1 Å². The number of hydrogen-bond donors (Lipinski definition) is 1. The summed E-state index contributed by atoms with van der Waals surface area (Å²) < 4.78 is 74.9. The Labute approximate surface area is 274 Å². The molecule has 4 rings (SSSR count). The first kappa shape index (κ1) is 37.0. The Morgan fingerprint density at radius 1 is 0.721 bits per heavy atom. The molecular weight excluding hydrogens is 799 g/mol. The first-order valence-electron chi connectivity index (χ1n) is 11.5. The quantitative estimate of drug-likeness (QED) is 0.0889. The van der Waals surface area contributed by atoms with Crippen molar-refractivity contribution in [3.63, 3.8) is 0 Å². The van der Waals surface area contributed by atoms with Crippen molar-refractivity contribution in [2.75, 3.05) is 5.73 Å². The van der Waals surface area contributed by atoms with Crippen LogP contribution in [0.15, 0.2) is 94.7 Å². The number of nitro benzene ring substituents is 1. The third kappa shape index (κ3) is 11.0. The van der Waals surface area contributed by atoms with Crippen molar-refractivity contribution in [2.24, 2.45) is 0 Å². The number of nitro groups is 1. The van der Waals surface area contributed by atoms with E-state index in [0.29, 0.717) is 5.56 Å². The predicted molar refractivity (Wildman–Crippen MR) is 166 cm³/mol. The number of hydrogen-bond acceptors (Lipinski definition) is 7. The Hall–Kier alpha value is -2.20. The van der Waals surface area contributed by atoms with Crippen molar-refractivity contribution in [1.29, 1.82) is 0 Å². The second-order valence-corrected chi connectivity index (χ2v) is 17.3. The van der Waals surface area contributed by atoms with E-state index in [1.807, 2.05) is 0 Å². The van der Waals surface area contributed by atoms with Gasteiger partial charge >= 0.3 is 36.7 Å². The fourth-order valence-electron chi connectivity index (χ4n) is 3.48. The molecule has 0 aliphatic carbocycles. The van der Waals surface area contributed by atoms with E-state index in [1.54, 1.807) is 12.1 Å². The third-order valence-electron chi connectivity index (χ3n) is 5.37. The molecule has 0 unspecified atom stereocenters. The molecule has 0 spiro atoms. The summed E-state index contributed by atoms with van der Waals surface area (Å²) in [7, 11) is 2.28. The van der Waals surface area contributed by atoms with Crippen molar-refractivity contribution in [1.82, 2.24) is 0 Å². The molecule has 228 valence electrons. The van der Waals surface area contributed by atoms with Gasteiger partial charge in [-0.25, -0.2) is 25.6 Å². The SMILES string of the molecule is Nc1ccccc1S(=O)(=O)Cc1ccc(F)cc1Cl.O=[N+]([O-])c1ccccc1S(=O)(=O)Cc1ccc(F)cc1Cl.[Cl][Sn][Cl]. The van der Waals surface area contributed by atoms with Crippen LogP contribution in [-0.4, -0.2) is 40.6 Å². The zero-order chi connectivity index (χ0) is 32.4. The van der Waals surface area contributed by atoms with Crippen LogP contribution >= 0.6 is 41.0 Å². The minimum atomic E-state index is -3.97. The number of para-hydroxylation sites is 2. The summed E-state index contributed by atoms with van der Waals surface area (Å²) in [6, 6.07) is 18.2. The molecule has 0 saturated heterocycles. The maximum atomic E-state index is 13.0. The number of halogens is 6. The summed E-state index contributed by atoms with van der Waals surface area (Å²) in [5.41, 5.74) is 5.84. The normalized spacial score (nSPS) is 11.0. The number of rotatable bonds is 7. The van der Waals surface area contributed by atoms with Crippen LogP contribution in [0.2, 0.25) is 10.0 Å². The van der Waals surface area contributed by atoms with Crippen molar-refractivity contribution >= 4 is 91.0 Å². The van der Waals surface area contributed by atoms with Gasteiger partial charge in [0.2, 0.25) is 0 Å². The van der Waals surface area contributed by atoms with Crippen molar-refractivity contribution in [2.45, 2.75) is 21.3 Å². The number of nitrogens with two attached hydrogens (primary N) is 1. The van der Waals surface area contributed by atoms with Gasteiger partial charge in [0.1, 0.15) is 16.5 Å². The van der Waals surface area contributed by atoms with E-state index < -0.39 is 71.5 Å². The second kappa shape index (κ2) is 16.8. The molecule has 0 amide bonds. The summed E-state index contributed by atoms with van der Waals surface area (Å²) in [4.78, 5) is 9.79. The van der Waals surface area contributed by atoms with Crippen LogP contribution < -0.4 is 5.73 Å². The predicted octanol–water partition coefficient (Wildman–Crippen LogP) is 7.39. The van der Waals surface area contributed by atoms with Crippen LogP contribution in [0.1, 0.15) is 11.1 Å². The number of sulfone groups is 2. The molecule has 0 heterocycles. The zero-order valence-corrected chi connectivity index (χ0v) is 29.1. The molecule has 0 bridgehead atoms. The van der Waals surface area contributed by atoms with E-state index in [1.165, 1.54) is 42.5 Å². The van der Waals surface area contributed by atoms with Gasteiger partial charge in [-0.3, -0.25) is 10.1 Å². The standard InChI is InChI=1S/C13H9ClFNO4S.C13H11ClFNO2S.2ClH.Sn/c14-11-7-10(15)6-5-9(11)8-21(19,20)13-4-2-1-3-12(13)16(17)18;14-11-7-10(15)6-5-9(11)8-19(17,18)13-4-2-1-3-12(13)16;;;/h1-7H,8H2;1-7H,8,16H2;2*1H;/q;;;;+2/p-2. The van der Waals surface area contributed by atoms with Gasteiger partial charge in [0.25, 0.3) is 5.69 Å². The van der Waals surface area contributed by atoms with Crippen LogP contribution in [0.25, 0.3) is 0 Å². The molecule has 8 nitrogen and oxygen atoms in total. The van der Waals surface area contributed by atoms with Gasteiger partial charge in [-0.15, -0.1) is 0 Å². The summed E-state index contributed by atoms with van der Waals surface area (Å²) >= 11 is 10.8. The van der Waals surface area contributed by atoms with E-state index in [-0.39, 0.29) is 31.9 Å². The van der Waals surface area contributed by atoms with E-state index in [0.717, 1.165) is 30.3 Å². The monoisotopic (exact) mass is 818 g/mol. The van der Waals surface area contributed by atoms with E-state index in [4.69, 9.17) is 46.8 Å². The van der Waals surface area contributed by atoms with Gasteiger partial charge < -0.3 is 5.73 Å². The maximum absolute atomic E-state index is 13.0. The first-order valence-corrected chi connectivity index (χ1v) is 22.8. The molecule has 0 atom stereocenters. The molecule has 0 aliphatic heterocycles. The zero-order valence-electron chi connectivity index (χ0n) is 21.6. The van der Waals surface area contributed by atoms with Gasteiger partial charge in [-0.05, 0) is 53.6 Å². The van der Waals surface area contributed by atoms with Crippen LogP contribution in [0, 0.1) is 21.7 Å². The van der Waals surface area contributed by atoms with Crippen molar-refractivity contribution in [3.05, 3.63) is 128 Å². The molecule has 0 saturated carbocycles. The Balaban J connectivity index is 0.000000276. The molecule has 43 heavy (non-hydrogen) atoms. The molecule has 17 heteroatoms. The minimum absolute atomic E-state index is 0.0443. The molecule has 4 aromatic rings. The molecule has 0 aliphatic rings. The summed E-state index contributed by atoms with van der Waals surface area (Å²) in [6.07, 6.45) is 0. The second-order valence-electron chi connectivity index (χ2n) is 8.32. The molecule has 0 fully saturated rings.